The minimum absolute atomic E-state index is 0.132. The van der Waals surface area contributed by atoms with Crippen molar-refractivity contribution in [1.82, 2.24) is 10.3 Å². The Bertz CT molecular complexity index is 1040. The van der Waals surface area contributed by atoms with Gasteiger partial charge >= 0.3 is 5.97 Å². The molecule has 0 saturated carbocycles. The predicted molar refractivity (Wildman–Crippen MR) is 105 cm³/mol. The average molecular weight is 415 g/mol. The highest BCUT2D eigenvalue weighted by atomic mass is 19.1. The summed E-state index contributed by atoms with van der Waals surface area (Å²) in [6.07, 6.45) is 1.46. The second kappa shape index (κ2) is 7.32. The molecule has 1 saturated heterocycles. The zero-order valence-corrected chi connectivity index (χ0v) is 16.6. The topological polar surface area (TPSA) is 110 Å². The number of cyclic esters (lactones) is 1. The maximum absolute atomic E-state index is 13.3. The molecule has 3 heterocycles. The molecule has 158 valence electrons. The molecule has 4 rings (SSSR count). The molecule has 30 heavy (non-hydrogen) atoms. The Morgan fingerprint density at radius 1 is 1.37 bits per heavy atom. The minimum atomic E-state index is -2.38. The smallest absolute Gasteiger partial charge is 0.310 e. The van der Waals surface area contributed by atoms with Gasteiger partial charge in [-0.05, 0) is 11.5 Å². The zero-order valence-electron chi connectivity index (χ0n) is 16.6. The first-order valence-electron chi connectivity index (χ1n) is 9.69. The number of carbonyl (C=O) groups is 2. The van der Waals surface area contributed by atoms with Crippen LogP contribution in [-0.2, 0) is 19.2 Å². The first-order chi connectivity index (χ1) is 14.3. The highest BCUT2D eigenvalue weighted by molar-refractivity contribution is 6.11. The van der Waals surface area contributed by atoms with Crippen LogP contribution in [0.25, 0.3) is 10.8 Å². The van der Waals surface area contributed by atoms with E-state index in [2.05, 4.69) is 20.2 Å². The predicted octanol–water partition coefficient (Wildman–Crippen LogP) is 1.84. The molecular formula is C21H22FN3O5. The number of benzene rings is 1. The van der Waals surface area contributed by atoms with E-state index in [-0.39, 0.29) is 18.8 Å². The van der Waals surface area contributed by atoms with Crippen molar-refractivity contribution in [3.8, 4) is 0 Å². The van der Waals surface area contributed by atoms with Crippen LogP contribution >= 0.6 is 0 Å². The highest BCUT2D eigenvalue weighted by Crippen LogP contribution is 2.36. The summed E-state index contributed by atoms with van der Waals surface area (Å²) in [6.45, 7) is 2.26. The number of hydrogen-bond acceptors (Lipinski definition) is 7. The standard InChI is InChI=1S/C21H22FN3O5/c1-12(2)20(19(27)24-16-9-17(26)29-21(16,28)11-22)10-15(25-30-20)18-14-6-4-3-5-13(14)7-8-23-18/h3-8,12,16,28H,9-11H2,1-2H3,(H,24,27)/t16-,20-,21+/m1/s1. The lowest BCUT2D eigenvalue weighted by Crippen LogP contribution is -2.58. The molecule has 0 radical (unpaired) electrons. The Morgan fingerprint density at radius 3 is 2.87 bits per heavy atom. The molecule has 0 unspecified atom stereocenters. The average Bonchev–Trinajstić information content (AvgIpc) is 3.30. The SMILES string of the molecule is CC(C)[C@@]1(C(=O)N[C@@H]2CC(=O)O[C@@]2(O)CF)CC(c2nccc3ccccc23)=NO1. The van der Waals surface area contributed by atoms with Crippen molar-refractivity contribution in [1.29, 1.82) is 0 Å². The van der Waals surface area contributed by atoms with Crippen molar-refractivity contribution in [3.63, 3.8) is 0 Å². The number of ether oxygens (including phenoxy) is 1. The first kappa shape index (κ1) is 20.2. The number of aliphatic hydroxyl groups is 1. The number of amides is 1. The van der Waals surface area contributed by atoms with Gasteiger partial charge < -0.3 is 20.0 Å². The number of rotatable bonds is 5. The van der Waals surface area contributed by atoms with Gasteiger partial charge in [-0.2, -0.15) is 0 Å². The number of halogens is 1. The van der Waals surface area contributed by atoms with E-state index in [0.29, 0.717) is 11.4 Å². The lowest BCUT2D eigenvalue weighted by atomic mass is 9.83. The zero-order chi connectivity index (χ0) is 21.5. The molecule has 9 heteroatoms. The van der Waals surface area contributed by atoms with E-state index in [4.69, 9.17) is 4.84 Å². The second-order valence-electron chi connectivity index (χ2n) is 7.91. The minimum Gasteiger partial charge on any atom is -0.428 e. The summed E-state index contributed by atoms with van der Waals surface area (Å²) >= 11 is 0. The molecule has 1 amide bonds. The van der Waals surface area contributed by atoms with Gasteiger partial charge in [-0.1, -0.05) is 43.3 Å². The molecule has 2 N–H and O–H groups in total. The van der Waals surface area contributed by atoms with Gasteiger partial charge in [0.15, 0.2) is 6.67 Å². The number of nitrogens with zero attached hydrogens (tertiary/aromatic N) is 2. The third kappa shape index (κ3) is 3.19. The van der Waals surface area contributed by atoms with Crippen LogP contribution < -0.4 is 5.32 Å². The van der Waals surface area contributed by atoms with Crippen LogP contribution in [0.4, 0.5) is 4.39 Å². The highest BCUT2D eigenvalue weighted by Gasteiger charge is 2.55. The lowest BCUT2D eigenvalue weighted by Gasteiger charge is -2.32. The Hall–Kier alpha value is -3.07. The number of pyridine rings is 1. The van der Waals surface area contributed by atoms with Crippen molar-refractivity contribution in [2.24, 2.45) is 11.1 Å². The van der Waals surface area contributed by atoms with E-state index < -0.39 is 36.0 Å². The van der Waals surface area contributed by atoms with Gasteiger partial charge in [0.2, 0.25) is 5.60 Å². The molecule has 8 nitrogen and oxygen atoms in total. The van der Waals surface area contributed by atoms with E-state index in [1.165, 1.54) is 0 Å². The Morgan fingerprint density at radius 2 is 2.13 bits per heavy atom. The number of nitrogens with one attached hydrogen (secondary N) is 1. The molecule has 2 aromatic rings. The second-order valence-corrected chi connectivity index (χ2v) is 7.91. The van der Waals surface area contributed by atoms with Crippen molar-refractivity contribution in [3.05, 3.63) is 42.2 Å². The summed E-state index contributed by atoms with van der Waals surface area (Å²) in [5.41, 5.74) is -0.269. The van der Waals surface area contributed by atoms with Crippen LogP contribution in [-0.4, -0.2) is 51.8 Å². The number of esters is 1. The summed E-state index contributed by atoms with van der Waals surface area (Å²) < 4.78 is 17.9. The van der Waals surface area contributed by atoms with Crippen LogP contribution in [0.1, 0.15) is 32.4 Å². The third-order valence-corrected chi connectivity index (χ3v) is 5.72. The van der Waals surface area contributed by atoms with Crippen LogP contribution in [0, 0.1) is 5.92 Å². The molecule has 1 aromatic heterocycles. The third-order valence-electron chi connectivity index (χ3n) is 5.72. The van der Waals surface area contributed by atoms with Crippen LogP contribution in [0.5, 0.6) is 0 Å². The van der Waals surface area contributed by atoms with Gasteiger partial charge in [-0.15, -0.1) is 0 Å². The maximum atomic E-state index is 13.3. The van der Waals surface area contributed by atoms with Gasteiger partial charge in [0.1, 0.15) is 11.8 Å². The molecular weight excluding hydrogens is 393 g/mol. The van der Waals surface area contributed by atoms with Gasteiger partial charge in [0, 0.05) is 23.9 Å². The van der Waals surface area contributed by atoms with E-state index in [9.17, 15) is 19.1 Å². The molecule has 2 aliphatic heterocycles. The van der Waals surface area contributed by atoms with Gasteiger partial charge in [-0.3, -0.25) is 14.6 Å². The summed E-state index contributed by atoms with van der Waals surface area (Å²) in [4.78, 5) is 34.8. The first-order valence-corrected chi connectivity index (χ1v) is 9.69. The number of oxime groups is 1. The summed E-state index contributed by atoms with van der Waals surface area (Å²) in [5, 5.41) is 18.7. The molecule has 0 aliphatic carbocycles. The monoisotopic (exact) mass is 415 g/mol. The van der Waals surface area contributed by atoms with Gasteiger partial charge in [0.25, 0.3) is 11.7 Å². The van der Waals surface area contributed by atoms with Crippen LogP contribution in [0.15, 0.2) is 41.7 Å². The Kier molecular flexibility index (Phi) is 4.93. The molecule has 1 fully saturated rings. The van der Waals surface area contributed by atoms with Gasteiger partial charge in [-0.25, -0.2) is 4.39 Å². The molecule has 1 aromatic carbocycles. The summed E-state index contributed by atoms with van der Waals surface area (Å²) in [6, 6.07) is 8.34. The molecule has 3 atom stereocenters. The number of carbonyl (C=O) groups excluding carboxylic acids is 2. The van der Waals surface area contributed by atoms with E-state index in [1.54, 1.807) is 20.0 Å². The normalized spacial score (nSPS) is 28.4. The number of alkyl halides is 1. The maximum Gasteiger partial charge on any atom is 0.310 e. The van der Waals surface area contributed by atoms with Crippen molar-refractivity contribution >= 4 is 28.4 Å². The van der Waals surface area contributed by atoms with Crippen molar-refractivity contribution < 1.29 is 28.7 Å². The van der Waals surface area contributed by atoms with Crippen LogP contribution in [0.2, 0.25) is 0 Å². The summed E-state index contributed by atoms with van der Waals surface area (Å²) in [7, 11) is 0. The lowest BCUT2D eigenvalue weighted by molar-refractivity contribution is -0.202. The fourth-order valence-corrected chi connectivity index (χ4v) is 3.82. The quantitative estimate of drug-likeness (QED) is 0.721. The Balaban J connectivity index is 1.61. The molecule has 0 bridgehead atoms. The summed E-state index contributed by atoms with van der Waals surface area (Å²) in [5.74, 6) is -4.09. The van der Waals surface area contributed by atoms with E-state index in [0.717, 1.165) is 10.8 Å². The van der Waals surface area contributed by atoms with Gasteiger partial charge in [0.05, 0.1) is 12.1 Å². The largest absolute Gasteiger partial charge is 0.428 e. The number of fused-ring (bicyclic) bond motifs is 1. The van der Waals surface area contributed by atoms with Crippen LogP contribution in [0.3, 0.4) is 0 Å². The number of aromatic nitrogens is 1. The Labute approximate surface area is 172 Å². The van der Waals surface area contributed by atoms with Crippen molar-refractivity contribution in [2.75, 3.05) is 6.67 Å². The van der Waals surface area contributed by atoms with E-state index >= 15 is 0 Å². The fraction of sp³-hybridized carbons (Fsp3) is 0.429. The number of hydrogen-bond donors (Lipinski definition) is 2. The van der Waals surface area contributed by atoms with E-state index in [1.807, 2.05) is 30.3 Å². The molecule has 0 spiro atoms. The fourth-order valence-electron chi connectivity index (χ4n) is 3.82. The van der Waals surface area contributed by atoms with Crippen molar-refractivity contribution in [2.45, 2.75) is 44.1 Å². The molecule has 2 aliphatic rings.